The first-order chi connectivity index (χ1) is 12.1. The van der Waals surface area contributed by atoms with E-state index in [0.717, 1.165) is 13.0 Å². The number of amides is 1. The summed E-state index contributed by atoms with van der Waals surface area (Å²) in [6.07, 6.45) is 0.841. The summed E-state index contributed by atoms with van der Waals surface area (Å²) in [5.41, 5.74) is 2.91. The molecule has 0 saturated heterocycles. The fourth-order valence-corrected chi connectivity index (χ4v) is 3.21. The van der Waals surface area contributed by atoms with Gasteiger partial charge in [0.05, 0.1) is 12.7 Å². The van der Waals surface area contributed by atoms with Crippen molar-refractivity contribution >= 4 is 28.4 Å². The number of halogens is 1. The molecule has 0 aliphatic heterocycles. The Bertz CT molecular complexity index is 902. The number of aryl methyl sites for hydroxylation is 2. The highest BCUT2D eigenvalue weighted by molar-refractivity contribution is 6.31. The molecule has 0 bridgehead atoms. The van der Waals surface area contributed by atoms with Gasteiger partial charge in [0.2, 0.25) is 0 Å². The fraction of sp³-hybridized carbons (Fsp3) is 0.250. The highest BCUT2D eigenvalue weighted by Gasteiger charge is 2.12. The van der Waals surface area contributed by atoms with Crippen molar-refractivity contribution in [3.05, 3.63) is 64.8 Å². The minimum absolute atomic E-state index is 0.173. The number of methoxy groups -OCH3 is 1. The number of aromatic nitrogens is 1. The molecule has 0 aliphatic carbocycles. The third kappa shape index (κ3) is 3.80. The molecule has 1 aromatic heterocycles. The summed E-state index contributed by atoms with van der Waals surface area (Å²) in [5.74, 6) is 0.350. The molecule has 0 aliphatic rings. The Morgan fingerprint density at radius 3 is 2.80 bits per heavy atom. The van der Waals surface area contributed by atoms with Gasteiger partial charge in [-0.25, -0.2) is 0 Å². The van der Waals surface area contributed by atoms with Crippen LogP contribution in [0.2, 0.25) is 5.02 Å². The summed E-state index contributed by atoms with van der Waals surface area (Å²) in [6, 6.07) is 15.5. The minimum atomic E-state index is -0.173. The van der Waals surface area contributed by atoms with E-state index in [4.69, 9.17) is 16.3 Å². The molecule has 0 fully saturated rings. The Kier molecular flexibility index (Phi) is 5.29. The van der Waals surface area contributed by atoms with E-state index in [0.29, 0.717) is 22.9 Å². The maximum absolute atomic E-state index is 12.4. The Balaban J connectivity index is 1.61. The van der Waals surface area contributed by atoms with Gasteiger partial charge in [-0.05, 0) is 49.1 Å². The number of carbonyl (C=O) groups is 1. The van der Waals surface area contributed by atoms with Gasteiger partial charge >= 0.3 is 0 Å². The molecule has 3 aromatic rings. The molecule has 0 atom stereocenters. The highest BCUT2D eigenvalue weighted by atomic mass is 35.5. The zero-order valence-corrected chi connectivity index (χ0v) is 15.1. The molecule has 1 amide bonds. The van der Waals surface area contributed by atoms with Crippen LogP contribution in [0.4, 0.5) is 0 Å². The lowest BCUT2D eigenvalue weighted by molar-refractivity contribution is 0.0949. The first-order valence-electron chi connectivity index (χ1n) is 8.27. The first kappa shape index (κ1) is 17.4. The molecule has 1 heterocycles. The van der Waals surface area contributed by atoms with E-state index in [1.165, 1.54) is 16.6 Å². The zero-order chi connectivity index (χ0) is 17.8. The second kappa shape index (κ2) is 7.62. The normalized spacial score (nSPS) is 10.8. The van der Waals surface area contributed by atoms with Crippen LogP contribution in [-0.2, 0) is 6.54 Å². The lowest BCUT2D eigenvalue weighted by atomic mass is 10.2. The number of para-hydroxylation sites is 1. The van der Waals surface area contributed by atoms with Crippen molar-refractivity contribution < 1.29 is 9.53 Å². The van der Waals surface area contributed by atoms with Crippen molar-refractivity contribution in [3.8, 4) is 5.75 Å². The molecule has 1 N–H and O–H groups in total. The van der Waals surface area contributed by atoms with Gasteiger partial charge in [0.1, 0.15) is 5.75 Å². The van der Waals surface area contributed by atoms with Gasteiger partial charge in [-0.3, -0.25) is 4.79 Å². The summed E-state index contributed by atoms with van der Waals surface area (Å²) < 4.78 is 7.51. The van der Waals surface area contributed by atoms with E-state index in [9.17, 15) is 4.79 Å². The SMILES string of the molecule is COc1ccc(Cl)cc1C(=O)NCCCn1c(C)cc2ccccc21. The van der Waals surface area contributed by atoms with Gasteiger partial charge in [-0.2, -0.15) is 0 Å². The number of fused-ring (bicyclic) bond motifs is 1. The number of carbonyl (C=O) groups excluding carboxylic acids is 1. The quantitative estimate of drug-likeness (QED) is 0.664. The van der Waals surface area contributed by atoms with Gasteiger partial charge in [0, 0.05) is 29.3 Å². The van der Waals surface area contributed by atoms with Gasteiger partial charge < -0.3 is 14.6 Å². The van der Waals surface area contributed by atoms with Crippen LogP contribution < -0.4 is 10.1 Å². The third-order valence-corrected chi connectivity index (χ3v) is 4.50. The van der Waals surface area contributed by atoms with Crippen LogP contribution in [0.5, 0.6) is 5.75 Å². The average molecular weight is 357 g/mol. The van der Waals surface area contributed by atoms with Crippen LogP contribution in [0.15, 0.2) is 48.5 Å². The number of benzene rings is 2. The Labute approximate surface area is 152 Å². The molecule has 0 unspecified atom stereocenters. The predicted molar refractivity (Wildman–Crippen MR) is 102 cm³/mol. The summed E-state index contributed by atoms with van der Waals surface area (Å²) in [4.78, 5) is 12.4. The molecule has 4 nitrogen and oxygen atoms in total. The van der Waals surface area contributed by atoms with E-state index >= 15 is 0 Å². The Morgan fingerprint density at radius 2 is 2.00 bits per heavy atom. The Morgan fingerprint density at radius 1 is 1.20 bits per heavy atom. The number of ether oxygens (including phenoxy) is 1. The molecule has 0 saturated carbocycles. The van der Waals surface area contributed by atoms with Crippen LogP contribution in [0.3, 0.4) is 0 Å². The maximum atomic E-state index is 12.4. The van der Waals surface area contributed by atoms with Gasteiger partial charge in [0.25, 0.3) is 5.91 Å². The van der Waals surface area contributed by atoms with Crippen molar-refractivity contribution in [2.45, 2.75) is 19.9 Å². The maximum Gasteiger partial charge on any atom is 0.255 e. The summed E-state index contributed by atoms with van der Waals surface area (Å²) in [6.45, 7) is 3.54. The zero-order valence-electron chi connectivity index (χ0n) is 14.4. The molecule has 5 heteroatoms. The lowest BCUT2D eigenvalue weighted by Crippen LogP contribution is -2.25. The summed E-state index contributed by atoms with van der Waals surface area (Å²) in [7, 11) is 1.54. The predicted octanol–water partition coefficient (Wildman–Crippen LogP) is 4.43. The van der Waals surface area contributed by atoms with E-state index in [1.54, 1.807) is 25.3 Å². The van der Waals surface area contributed by atoms with Crippen LogP contribution in [0, 0.1) is 6.92 Å². The molecule has 0 radical (unpaired) electrons. The van der Waals surface area contributed by atoms with Gasteiger partial charge in [-0.1, -0.05) is 29.8 Å². The molecular formula is C20H21ClN2O2. The monoisotopic (exact) mass is 356 g/mol. The average Bonchev–Trinajstić information content (AvgIpc) is 2.93. The van der Waals surface area contributed by atoms with Crippen molar-refractivity contribution in [3.63, 3.8) is 0 Å². The summed E-state index contributed by atoms with van der Waals surface area (Å²) in [5, 5.41) is 4.70. The van der Waals surface area contributed by atoms with Crippen molar-refractivity contribution in [2.75, 3.05) is 13.7 Å². The summed E-state index contributed by atoms with van der Waals surface area (Å²) >= 11 is 5.98. The number of nitrogens with one attached hydrogen (secondary N) is 1. The fourth-order valence-electron chi connectivity index (χ4n) is 3.04. The third-order valence-electron chi connectivity index (χ3n) is 4.27. The minimum Gasteiger partial charge on any atom is -0.496 e. The van der Waals surface area contributed by atoms with E-state index in [1.807, 2.05) is 12.1 Å². The molecule has 2 aromatic carbocycles. The van der Waals surface area contributed by atoms with Crippen LogP contribution >= 0.6 is 11.6 Å². The Hall–Kier alpha value is -2.46. The molecule has 0 spiro atoms. The number of hydrogen-bond acceptors (Lipinski definition) is 2. The lowest BCUT2D eigenvalue weighted by Gasteiger charge is -2.11. The van der Waals surface area contributed by atoms with Gasteiger partial charge in [-0.15, -0.1) is 0 Å². The van der Waals surface area contributed by atoms with Crippen LogP contribution in [0.25, 0.3) is 10.9 Å². The van der Waals surface area contributed by atoms with Crippen molar-refractivity contribution in [1.29, 1.82) is 0 Å². The van der Waals surface area contributed by atoms with Crippen LogP contribution in [0.1, 0.15) is 22.5 Å². The molecular weight excluding hydrogens is 336 g/mol. The molecule has 25 heavy (non-hydrogen) atoms. The standard InChI is InChI=1S/C20H21ClN2O2/c1-14-12-15-6-3-4-7-18(15)23(14)11-5-10-22-20(24)17-13-16(21)8-9-19(17)25-2/h3-4,6-9,12-13H,5,10-11H2,1-2H3,(H,22,24). The van der Waals surface area contributed by atoms with Crippen molar-refractivity contribution in [2.24, 2.45) is 0 Å². The van der Waals surface area contributed by atoms with E-state index in [2.05, 4.69) is 35.0 Å². The molecule has 3 rings (SSSR count). The molecule has 130 valence electrons. The second-order valence-corrected chi connectivity index (χ2v) is 6.39. The largest absolute Gasteiger partial charge is 0.496 e. The smallest absolute Gasteiger partial charge is 0.255 e. The van der Waals surface area contributed by atoms with Crippen molar-refractivity contribution in [1.82, 2.24) is 9.88 Å². The topological polar surface area (TPSA) is 43.3 Å². The number of nitrogens with zero attached hydrogens (tertiary/aromatic N) is 1. The van der Waals surface area contributed by atoms with Crippen LogP contribution in [-0.4, -0.2) is 24.1 Å². The van der Waals surface area contributed by atoms with E-state index < -0.39 is 0 Å². The first-order valence-corrected chi connectivity index (χ1v) is 8.64. The number of hydrogen-bond donors (Lipinski definition) is 1. The highest BCUT2D eigenvalue weighted by Crippen LogP contribution is 2.22. The van der Waals surface area contributed by atoms with Gasteiger partial charge in [0.15, 0.2) is 0 Å². The second-order valence-electron chi connectivity index (χ2n) is 5.95. The van der Waals surface area contributed by atoms with E-state index in [-0.39, 0.29) is 5.91 Å². The number of rotatable bonds is 6.